The molecule has 0 unspecified atom stereocenters. The van der Waals surface area contributed by atoms with Crippen molar-refractivity contribution in [3.63, 3.8) is 0 Å². The van der Waals surface area contributed by atoms with Gasteiger partial charge in [0, 0.05) is 30.7 Å². The summed E-state index contributed by atoms with van der Waals surface area (Å²) in [5.74, 6) is 0. The van der Waals surface area contributed by atoms with E-state index in [9.17, 15) is 0 Å². The Labute approximate surface area is 99.5 Å². The van der Waals surface area contributed by atoms with Crippen LogP contribution in [0.1, 0.15) is 5.56 Å². The van der Waals surface area contributed by atoms with Crippen molar-refractivity contribution < 1.29 is 0 Å². The summed E-state index contributed by atoms with van der Waals surface area (Å²) in [5.41, 5.74) is 10.2. The minimum Gasteiger partial charge on any atom is -0.326 e. The van der Waals surface area contributed by atoms with Gasteiger partial charge in [-0.25, -0.2) is 0 Å². The molecule has 17 heavy (non-hydrogen) atoms. The maximum Gasteiger partial charge on any atom is 0.0726 e. The van der Waals surface area contributed by atoms with Crippen molar-refractivity contribution >= 4 is 5.52 Å². The molecule has 0 saturated carbocycles. The number of nitrogens with zero attached hydrogens (tertiary/aromatic N) is 2. The predicted octanol–water partition coefficient (Wildman–Crippen LogP) is 2.46. The van der Waals surface area contributed by atoms with Gasteiger partial charge in [-0.3, -0.25) is 4.98 Å². The van der Waals surface area contributed by atoms with Gasteiger partial charge in [-0.15, -0.1) is 0 Å². The van der Waals surface area contributed by atoms with Crippen LogP contribution in [-0.4, -0.2) is 9.38 Å². The van der Waals surface area contributed by atoms with Gasteiger partial charge in [0.1, 0.15) is 0 Å². The molecule has 0 aromatic carbocycles. The third kappa shape index (κ3) is 1.61. The van der Waals surface area contributed by atoms with Crippen LogP contribution in [-0.2, 0) is 6.54 Å². The van der Waals surface area contributed by atoms with Gasteiger partial charge in [0.25, 0.3) is 0 Å². The quantitative estimate of drug-likeness (QED) is 0.725. The van der Waals surface area contributed by atoms with Crippen LogP contribution in [0.5, 0.6) is 0 Å². The molecule has 0 aliphatic rings. The molecule has 0 aliphatic heterocycles. The van der Waals surface area contributed by atoms with Crippen LogP contribution < -0.4 is 5.73 Å². The van der Waals surface area contributed by atoms with E-state index in [1.165, 1.54) is 0 Å². The summed E-state index contributed by atoms with van der Waals surface area (Å²) in [4.78, 5) is 4.41. The molecule has 0 spiro atoms. The van der Waals surface area contributed by atoms with Crippen LogP contribution in [0.3, 0.4) is 0 Å². The van der Waals surface area contributed by atoms with E-state index < -0.39 is 0 Å². The number of hydrogen-bond acceptors (Lipinski definition) is 2. The highest BCUT2D eigenvalue weighted by atomic mass is 14.9. The van der Waals surface area contributed by atoms with E-state index in [0.717, 1.165) is 22.3 Å². The molecule has 0 atom stereocenters. The van der Waals surface area contributed by atoms with E-state index >= 15 is 0 Å². The second-order valence-corrected chi connectivity index (χ2v) is 3.94. The minimum atomic E-state index is 0.521. The molecule has 0 radical (unpaired) electrons. The normalized spacial score (nSPS) is 10.9. The fourth-order valence-corrected chi connectivity index (χ4v) is 2.14. The zero-order chi connectivity index (χ0) is 11.7. The highest BCUT2D eigenvalue weighted by Gasteiger charge is 2.11. The van der Waals surface area contributed by atoms with Crippen LogP contribution in [0.4, 0.5) is 0 Å². The van der Waals surface area contributed by atoms with Crippen molar-refractivity contribution in [3.8, 4) is 11.3 Å². The lowest BCUT2D eigenvalue weighted by atomic mass is 10.1. The monoisotopic (exact) mass is 223 g/mol. The molecule has 2 N–H and O–H groups in total. The Bertz CT molecular complexity index is 641. The summed E-state index contributed by atoms with van der Waals surface area (Å²) in [6.07, 6.45) is 5.91. The van der Waals surface area contributed by atoms with Gasteiger partial charge in [0.2, 0.25) is 0 Å². The van der Waals surface area contributed by atoms with Gasteiger partial charge < -0.3 is 10.1 Å². The summed E-state index contributed by atoms with van der Waals surface area (Å²) in [7, 11) is 0. The number of nitrogens with two attached hydrogens (primary N) is 1. The van der Waals surface area contributed by atoms with E-state index in [1.807, 2.05) is 42.7 Å². The van der Waals surface area contributed by atoms with E-state index in [0.29, 0.717) is 6.54 Å². The van der Waals surface area contributed by atoms with Gasteiger partial charge >= 0.3 is 0 Å². The van der Waals surface area contributed by atoms with Crippen molar-refractivity contribution in [1.82, 2.24) is 9.38 Å². The maximum atomic E-state index is 5.81. The fourth-order valence-electron chi connectivity index (χ4n) is 2.14. The van der Waals surface area contributed by atoms with E-state index in [2.05, 4.69) is 21.6 Å². The van der Waals surface area contributed by atoms with Gasteiger partial charge in [0.05, 0.1) is 11.2 Å². The third-order valence-electron chi connectivity index (χ3n) is 2.90. The molecule has 3 aromatic rings. The first kappa shape index (κ1) is 10.1. The van der Waals surface area contributed by atoms with Gasteiger partial charge in [-0.1, -0.05) is 12.1 Å². The van der Waals surface area contributed by atoms with Gasteiger partial charge in [-0.05, 0) is 29.8 Å². The summed E-state index contributed by atoms with van der Waals surface area (Å²) in [6.45, 7) is 0.521. The fraction of sp³-hybridized carbons (Fsp3) is 0.0714. The molecular formula is C14H13N3. The van der Waals surface area contributed by atoms with E-state index in [4.69, 9.17) is 5.73 Å². The molecular weight excluding hydrogens is 210 g/mol. The van der Waals surface area contributed by atoms with Crippen LogP contribution in [0, 0.1) is 0 Å². The highest BCUT2D eigenvalue weighted by Crippen LogP contribution is 2.28. The third-order valence-corrected chi connectivity index (χ3v) is 2.90. The largest absolute Gasteiger partial charge is 0.326 e. The first-order chi connectivity index (χ1) is 8.40. The molecule has 0 fully saturated rings. The zero-order valence-electron chi connectivity index (χ0n) is 9.38. The van der Waals surface area contributed by atoms with Crippen molar-refractivity contribution in [2.24, 2.45) is 5.73 Å². The molecule has 0 amide bonds. The standard InChI is InChI=1S/C14H13N3/c15-9-11-10-17-8-4-2-6-13(17)14(11)12-5-1-3-7-16-12/h1-8,10H,9,15H2. The molecule has 3 aromatic heterocycles. The molecule has 3 nitrogen and oxygen atoms in total. The van der Waals surface area contributed by atoms with Crippen LogP contribution in [0.15, 0.2) is 55.0 Å². The lowest BCUT2D eigenvalue weighted by Gasteiger charge is -2.02. The molecule has 84 valence electrons. The Hall–Kier alpha value is -2.13. The topological polar surface area (TPSA) is 43.3 Å². The van der Waals surface area contributed by atoms with Crippen molar-refractivity contribution in [1.29, 1.82) is 0 Å². The number of fused-ring (bicyclic) bond motifs is 1. The van der Waals surface area contributed by atoms with E-state index in [1.54, 1.807) is 0 Å². The average molecular weight is 223 g/mol. The maximum absolute atomic E-state index is 5.81. The lowest BCUT2D eigenvalue weighted by molar-refractivity contribution is 1.06. The zero-order valence-corrected chi connectivity index (χ0v) is 9.38. The smallest absolute Gasteiger partial charge is 0.0726 e. The Morgan fingerprint density at radius 1 is 1.12 bits per heavy atom. The Balaban J connectivity index is 2.34. The van der Waals surface area contributed by atoms with Crippen LogP contribution in [0.2, 0.25) is 0 Å². The summed E-state index contributed by atoms with van der Waals surface area (Å²) in [5, 5.41) is 0. The lowest BCUT2D eigenvalue weighted by Crippen LogP contribution is -1.96. The van der Waals surface area contributed by atoms with Gasteiger partial charge in [-0.2, -0.15) is 0 Å². The number of rotatable bonds is 2. The first-order valence-electron chi connectivity index (χ1n) is 5.60. The number of hydrogen-bond donors (Lipinski definition) is 1. The summed E-state index contributed by atoms with van der Waals surface area (Å²) >= 11 is 0. The summed E-state index contributed by atoms with van der Waals surface area (Å²) < 4.78 is 2.09. The van der Waals surface area contributed by atoms with Crippen LogP contribution in [0.25, 0.3) is 16.8 Å². The van der Waals surface area contributed by atoms with Gasteiger partial charge in [0.15, 0.2) is 0 Å². The molecule has 0 bridgehead atoms. The molecule has 3 heteroatoms. The predicted molar refractivity (Wildman–Crippen MR) is 68.5 cm³/mol. The van der Waals surface area contributed by atoms with Crippen molar-refractivity contribution in [2.45, 2.75) is 6.54 Å². The Morgan fingerprint density at radius 2 is 2.00 bits per heavy atom. The second-order valence-electron chi connectivity index (χ2n) is 3.94. The van der Waals surface area contributed by atoms with Crippen molar-refractivity contribution in [3.05, 3.63) is 60.6 Å². The van der Waals surface area contributed by atoms with Crippen molar-refractivity contribution in [2.75, 3.05) is 0 Å². The second kappa shape index (κ2) is 4.03. The average Bonchev–Trinajstić information content (AvgIpc) is 2.78. The number of aromatic nitrogens is 2. The number of pyridine rings is 2. The molecule has 0 saturated heterocycles. The molecule has 3 heterocycles. The molecule has 0 aliphatic carbocycles. The highest BCUT2D eigenvalue weighted by molar-refractivity contribution is 5.82. The van der Waals surface area contributed by atoms with Crippen LogP contribution >= 0.6 is 0 Å². The SMILES string of the molecule is NCc1cn2ccccc2c1-c1ccccn1. The summed E-state index contributed by atoms with van der Waals surface area (Å²) in [6, 6.07) is 12.1. The minimum absolute atomic E-state index is 0.521. The molecule has 3 rings (SSSR count). The Kier molecular flexibility index (Phi) is 2.38. The Morgan fingerprint density at radius 3 is 2.76 bits per heavy atom. The first-order valence-corrected chi connectivity index (χ1v) is 5.60. The van der Waals surface area contributed by atoms with E-state index in [-0.39, 0.29) is 0 Å².